The van der Waals surface area contributed by atoms with Gasteiger partial charge in [-0.3, -0.25) is 0 Å². The normalized spacial score (nSPS) is 13.7. The quantitative estimate of drug-likeness (QED) is 0.776. The van der Waals surface area contributed by atoms with Crippen molar-refractivity contribution in [2.45, 2.75) is 33.1 Å². The predicted octanol–water partition coefficient (Wildman–Crippen LogP) is 1.92. The van der Waals surface area contributed by atoms with Gasteiger partial charge < -0.3 is 9.47 Å². The number of rotatable bonds is 4. The van der Waals surface area contributed by atoms with Crippen molar-refractivity contribution in [1.29, 1.82) is 0 Å². The van der Waals surface area contributed by atoms with Gasteiger partial charge in [-0.1, -0.05) is 13.3 Å². The van der Waals surface area contributed by atoms with Crippen LogP contribution in [0, 0.1) is 0 Å². The number of carbonyl (C=O) groups is 2. The summed E-state index contributed by atoms with van der Waals surface area (Å²) in [5, 5.41) is 0. The molecule has 0 aliphatic carbocycles. The summed E-state index contributed by atoms with van der Waals surface area (Å²) in [6.07, 6.45) is 2.06. The topological polar surface area (TPSA) is 65.5 Å². The van der Waals surface area contributed by atoms with E-state index in [0.717, 1.165) is 12.0 Å². The number of ether oxygens (including phenoxy) is 2. The number of fused-ring (bicyclic) bond motifs is 1. The van der Waals surface area contributed by atoms with Crippen LogP contribution in [0.5, 0.6) is 0 Å². The van der Waals surface area contributed by atoms with E-state index in [9.17, 15) is 9.59 Å². The van der Waals surface area contributed by atoms with Gasteiger partial charge in [-0.2, -0.15) is 0 Å². The first-order chi connectivity index (χ1) is 9.17. The zero-order valence-corrected chi connectivity index (χ0v) is 11.2. The van der Waals surface area contributed by atoms with Gasteiger partial charge in [0.15, 0.2) is 5.69 Å². The Morgan fingerprint density at radius 3 is 2.95 bits per heavy atom. The van der Waals surface area contributed by atoms with E-state index in [1.807, 2.05) is 6.92 Å². The Kier molecular flexibility index (Phi) is 4.14. The molecule has 0 amide bonds. The average molecular weight is 263 g/mol. The first-order valence-corrected chi connectivity index (χ1v) is 6.54. The van der Waals surface area contributed by atoms with Crippen LogP contribution in [0.1, 0.15) is 52.4 Å². The molecular formula is C14H17NO4. The van der Waals surface area contributed by atoms with E-state index in [1.165, 1.54) is 0 Å². The molecule has 1 aliphatic rings. The molecule has 0 radical (unpaired) electrons. The lowest BCUT2D eigenvalue weighted by molar-refractivity contribution is 0.0463. The maximum atomic E-state index is 11.9. The molecule has 1 aliphatic heterocycles. The third kappa shape index (κ3) is 2.75. The molecule has 0 bridgehead atoms. The van der Waals surface area contributed by atoms with Crippen LogP contribution in [0.4, 0.5) is 0 Å². The first-order valence-electron chi connectivity index (χ1n) is 6.54. The van der Waals surface area contributed by atoms with E-state index in [4.69, 9.17) is 9.47 Å². The molecule has 0 spiro atoms. The molecule has 102 valence electrons. The minimum Gasteiger partial charge on any atom is -0.462 e. The number of aryl methyl sites for hydroxylation is 1. The van der Waals surface area contributed by atoms with Crippen molar-refractivity contribution in [1.82, 2.24) is 4.98 Å². The number of aromatic nitrogens is 1. The van der Waals surface area contributed by atoms with E-state index < -0.39 is 5.97 Å². The van der Waals surface area contributed by atoms with E-state index in [-0.39, 0.29) is 5.97 Å². The van der Waals surface area contributed by atoms with E-state index in [2.05, 4.69) is 4.98 Å². The number of nitrogens with zero attached hydrogens (tertiary/aromatic N) is 1. The smallest absolute Gasteiger partial charge is 0.357 e. The lowest BCUT2D eigenvalue weighted by Gasteiger charge is -2.17. The summed E-state index contributed by atoms with van der Waals surface area (Å²) in [7, 11) is 0. The van der Waals surface area contributed by atoms with E-state index >= 15 is 0 Å². The number of carbonyl (C=O) groups excluding carboxylic acids is 2. The Balaban J connectivity index is 2.46. The van der Waals surface area contributed by atoms with Crippen LogP contribution >= 0.6 is 0 Å². The highest BCUT2D eigenvalue weighted by Crippen LogP contribution is 2.20. The van der Waals surface area contributed by atoms with Gasteiger partial charge in [0.05, 0.1) is 24.5 Å². The third-order valence-electron chi connectivity index (χ3n) is 2.96. The second-order valence-electron chi connectivity index (χ2n) is 4.35. The van der Waals surface area contributed by atoms with Crippen molar-refractivity contribution in [3.8, 4) is 0 Å². The van der Waals surface area contributed by atoms with Crippen LogP contribution in [0.25, 0.3) is 0 Å². The van der Waals surface area contributed by atoms with Crippen LogP contribution in [0.15, 0.2) is 6.07 Å². The van der Waals surface area contributed by atoms with Crippen LogP contribution in [-0.4, -0.2) is 30.1 Å². The van der Waals surface area contributed by atoms with E-state index in [0.29, 0.717) is 43.0 Å². The maximum absolute atomic E-state index is 11.9. The molecule has 5 heteroatoms. The second-order valence-corrected chi connectivity index (χ2v) is 4.35. The van der Waals surface area contributed by atoms with Gasteiger partial charge in [0.2, 0.25) is 0 Å². The van der Waals surface area contributed by atoms with Crippen LogP contribution in [-0.2, 0) is 22.3 Å². The Morgan fingerprint density at radius 2 is 2.26 bits per heavy atom. The molecule has 1 aromatic rings. The monoisotopic (exact) mass is 263 g/mol. The summed E-state index contributed by atoms with van der Waals surface area (Å²) < 4.78 is 10.0. The minimum atomic E-state index is -0.408. The molecule has 0 N–H and O–H groups in total. The molecule has 0 saturated heterocycles. The molecule has 0 unspecified atom stereocenters. The predicted molar refractivity (Wildman–Crippen MR) is 68.2 cm³/mol. The first kappa shape index (κ1) is 13.5. The van der Waals surface area contributed by atoms with Gasteiger partial charge in [0, 0.05) is 6.42 Å². The zero-order chi connectivity index (χ0) is 13.8. The molecule has 0 aromatic carbocycles. The van der Waals surface area contributed by atoms with Crippen LogP contribution in [0.3, 0.4) is 0 Å². The van der Waals surface area contributed by atoms with Gasteiger partial charge in [0.25, 0.3) is 0 Å². The summed E-state index contributed by atoms with van der Waals surface area (Å²) in [6.45, 7) is 4.42. The SMILES string of the molecule is CCCc1nc2c(cc1C(=O)OCC)CCOC2=O. The molecule has 5 nitrogen and oxygen atoms in total. The van der Waals surface area contributed by atoms with Gasteiger partial charge in [-0.15, -0.1) is 0 Å². The van der Waals surface area contributed by atoms with Crippen LogP contribution in [0.2, 0.25) is 0 Å². The molecule has 2 rings (SSSR count). The fraction of sp³-hybridized carbons (Fsp3) is 0.500. The average Bonchev–Trinajstić information content (AvgIpc) is 2.39. The molecular weight excluding hydrogens is 246 g/mol. The Hall–Kier alpha value is -1.91. The van der Waals surface area contributed by atoms with Crippen LogP contribution < -0.4 is 0 Å². The maximum Gasteiger partial charge on any atom is 0.357 e. The van der Waals surface area contributed by atoms with Crippen molar-refractivity contribution in [2.24, 2.45) is 0 Å². The van der Waals surface area contributed by atoms with Crippen molar-refractivity contribution >= 4 is 11.9 Å². The Labute approximate surface area is 111 Å². The largest absolute Gasteiger partial charge is 0.462 e. The molecule has 0 saturated carbocycles. The number of pyridine rings is 1. The second kappa shape index (κ2) is 5.82. The summed E-state index contributed by atoms with van der Waals surface area (Å²) in [5.74, 6) is -0.783. The highest BCUT2D eigenvalue weighted by atomic mass is 16.5. The zero-order valence-electron chi connectivity index (χ0n) is 11.2. The number of hydrogen-bond donors (Lipinski definition) is 0. The van der Waals surface area contributed by atoms with Gasteiger partial charge in [-0.05, 0) is 25.0 Å². The van der Waals surface area contributed by atoms with Gasteiger partial charge >= 0.3 is 11.9 Å². The van der Waals surface area contributed by atoms with Gasteiger partial charge in [-0.25, -0.2) is 14.6 Å². The lowest BCUT2D eigenvalue weighted by Crippen LogP contribution is -2.22. The fourth-order valence-electron chi connectivity index (χ4n) is 2.10. The number of cyclic esters (lactones) is 1. The van der Waals surface area contributed by atoms with E-state index in [1.54, 1.807) is 13.0 Å². The lowest BCUT2D eigenvalue weighted by atomic mass is 10.0. The van der Waals surface area contributed by atoms with Gasteiger partial charge in [0.1, 0.15) is 0 Å². The summed E-state index contributed by atoms with van der Waals surface area (Å²) in [6, 6.07) is 1.73. The minimum absolute atomic E-state index is 0.323. The molecule has 2 heterocycles. The highest BCUT2D eigenvalue weighted by Gasteiger charge is 2.25. The standard InChI is InChI=1S/C14H17NO4/c1-3-5-11-10(13(16)18-4-2)8-9-6-7-19-14(17)12(9)15-11/h8H,3-7H2,1-2H3. The number of hydrogen-bond acceptors (Lipinski definition) is 5. The molecule has 1 aromatic heterocycles. The molecule has 0 atom stereocenters. The Morgan fingerprint density at radius 1 is 1.47 bits per heavy atom. The van der Waals surface area contributed by atoms with Crippen molar-refractivity contribution < 1.29 is 19.1 Å². The van der Waals surface area contributed by atoms with Crippen molar-refractivity contribution in [3.63, 3.8) is 0 Å². The summed E-state index contributed by atoms with van der Waals surface area (Å²) in [4.78, 5) is 27.9. The molecule has 0 fully saturated rings. The highest BCUT2D eigenvalue weighted by molar-refractivity contribution is 5.94. The fourth-order valence-corrected chi connectivity index (χ4v) is 2.10. The Bertz CT molecular complexity index is 510. The molecule has 19 heavy (non-hydrogen) atoms. The number of esters is 2. The van der Waals surface area contributed by atoms with Crippen molar-refractivity contribution in [2.75, 3.05) is 13.2 Å². The van der Waals surface area contributed by atoms with Crippen molar-refractivity contribution in [3.05, 3.63) is 28.6 Å². The third-order valence-corrected chi connectivity index (χ3v) is 2.96. The summed E-state index contributed by atoms with van der Waals surface area (Å²) in [5.41, 5.74) is 2.18. The summed E-state index contributed by atoms with van der Waals surface area (Å²) >= 11 is 0.